The van der Waals surface area contributed by atoms with Crippen molar-refractivity contribution in [1.29, 1.82) is 0 Å². The molecule has 3 rings (SSSR count). The van der Waals surface area contributed by atoms with Crippen LogP contribution in [-0.2, 0) is 0 Å². The molecule has 23 heavy (non-hydrogen) atoms. The van der Waals surface area contributed by atoms with Gasteiger partial charge in [-0.1, -0.05) is 41.9 Å². The number of hydrogen-bond acceptors (Lipinski definition) is 3. The van der Waals surface area contributed by atoms with Gasteiger partial charge in [-0.25, -0.2) is 0 Å². The summed E-state index contributed by atoms with van der Waals surface area (Å²) in [6, 6.07) is 18.5. The molecule has 0 radical (unpaired) electrons. The van der Waals surface area contributed by atoms with Gasteiger partial charge in [-0.2, -0.15) is 9.78 Å². The summed E-state index contributed by atoms with van der Waals surface area (Å²) in [7, 11) is 0. The van der Waals surface area contributed by atoms with Crippen LogP contribution in [0.25, 0.3) is 5.69 Å². The summed E-state index contributed by atoms with van der Waals surface area (Å²) in [5.74, 6) is -0.442. The fourth-order valence-electron chi connectivity index (χ4n) is 2.04. The third-order valence-corrected chi connectivity index (χ3v) is 3.49. The van der Waals surface area contributed by atoms with Crippen LogP contribution >= 0.6 is 11.6 Å². The van der Waals surface area contributed by atoms with Crippen molar-refractivity contribution < 1.29 is 4.79 Å². The van der Waals surface area contributed by atoms with Gasteiger partial charge in [-0.3, -0.25) is 9.59 Å². The zero-order valence-corrected chi connectivity index (χ0v) is 12.7. The molecule has 1 N–H and O–H groups in total. The average molecular weight is 326 g/mol. The van der Waals surface area contributed by atoms with Crippen LogP contribution in [0, 0.1) is 0 Å². The first-order chi connectivity index (χ1) is 11.1. The molecule has 0 aliphatic rings. The molecule has 2 aromatic carbocycles. The number of aromatic nitrogens is 2. The van der Waals surface area contributed by atoms with Gasteiger partial charge < -0.3 is 5.32 Å². The molecule has 0 unspecified atom stereocenters. The first kappa shape index (κ1) is 15.0. The van der Waals surface area contributed by atoms with Crippen molar-refractivity contribution in [3.63, 3.8) is 0 Å². The van der Waals surface area contributed by atoms with Gasteiger partial charge in [0.25, 0.3) is 11.5 Å². The van der Waals surface area contributed by atoms with Gasteiger partial charge in [-0.15, -0.1) is 0 Å². The number of rotatable bonds is 3. The highest BCUT2D eigenvalue weighted by atomic mass is 35.5. The van der Waals surface area contributed by atoms with Gasteiger partial charge in [-0.05, 0) is 30.3 Å². The fraction of sp³-hybridized carbons (Fsp3) is 0. The maximum absolute atomic E-state index is 12.3. The first-order valence-corrected chi connectivity index (χ1v) is 7.24. The van der Waals surface area contributed by atoms with E-state index in [2.05, 4.69) is 10.4 Å². The van der Waals surface area contributed by atoms with Crippen molar-refractivity contribution in [2.45, 2.75) is 0 Å². The molecule has 0 fully saturated rings. The van der Waals surface area contributed by atoms with E-state index in [1.54, 1.807) is 48.5 Å². The molecular formula is C17H12ClN3O2. The van der Waals surface area contributed by atoms with Crippen molar-refractivity contribution in [2.75, 3.05) is 5.32 Å². The number of amides is 1. The van der Waals surface area contributed by atoms with E-state index in [1.807, 2.05) is 6.07 Å². The molecule has 3 aromatic rings. The molecule has 0 saturated heterocycles. The topological polar surface area (TPSA) is 64.0 Å². The number of nitrogens with zero attached hydrogens (tertiary/aromatic N) is 2. The van der Waals surface area contributed by atoms with Crippen LogP contribution in [0.1, 0.15) is 10.5 Å². The van der Waals surface area contributed by atoms with Crippen LogP contribution in [0.2, 0.25) is 5.02 Å². The molecule has 0 atom stereocenters. The van der Waals surface area contributed by atoms with Crippen molar-refractivity contribution in [2.24, 2.45) is 0 Å². The normalized spacial score (nSPS) is 10.3. The second-order valence-corrected chi connectivity index (χ2v) is 5.15. The van der Waals surface area contributed by atoms with E-state index in [0.29, 0.717) is 16.4 Å². The molecule has 1 heterocycles. The monoisotopic (exact) mass is 325 g/mol. The lowest BCUT2D eigenvalue weighted by Crippen LogP contribution is -2.24. The second kappa shape index (κ2) is 6.46. The van der Waals surface area contributed by atoms with E-state index in [0.717, 1.165) is 0 Å². The van der Waals surface area contributed by atoms with E-state index in [9.17, 15) is 9.59 Å². The Morgan fingerprint density at radius 1 is 0.957 bits per heavy atom. The molecule has 114 valence electrons. The van der Waals surface area contributed by atoms with Crippen LogP contribution in [0.5, 0.6) is 0 Å². The summed E-state index contributed by atoms with van der Waals surface area (Å²) >= 11 is 6.02. The lowest BCUT2D eigenvalue weighted by molar-refractivity contribution is 0.102. The number of carbonyl (C=O) groups excluding carboxylic acids is 1. The maximum Gasteiger partial charge on any atom is 0.276 e. The van der Waals surface area contributed by atoms with Crippen molar-refractivity contribution in [3.8, 4) is 5.69 Å². The Morgan fingerprint density at radius 3 is 2.39 bits per heavy atom. The summed E-state index contributed by atoms with van der Waals surface area (Å²) in [6.07, 6.45) is 0. The van der Waals surface area contributed by atoms with E-state index < -0.39 is 5.91 Å². The predicted octanol–water partition coefficient (Wildman–Crippen LogP) is 3.14. The van der Waals surface area contributed by atoms with Crippen molar-refractivity contribution in [3.05, 3.63) is 87.8 Å². The van der Waals surface area contributed by atoms with Crippen LogP contribution in [0.4, 0.5) is 5.69 Å². The zero-order valence-electron chi connectivity index (χ0n) is 11.9. The van der Waals surface area contributed by atoms with Crippen LogP contribution in [0.15, 0.2) is 71.5 Å². The van der Waals surface area contributed by atoms with Crippen LogP contribution < -0.4 is 10.9 Å². The number of benzene rings is 2. The molecular weight excluding hydrogens is 314 g/mol. The lowest BCUT2D eigenvalue weighted by atomic mass is 10.3. The summed E-state index contributed by atoms with van der Waals surface area (Å²) in [5, 5.41) is 7.22. The minimum Gasteiger partial charge on any atom is -0.319 e. The molecule has 0 spiro atoms. The molecule has 1 amide bonds. The van der Waals surface area contributed by atoms with Gasteiger partial charge in [0.15, 0.2) is 0 Å². The minimum atomic E-state index is -0.442. The van der Waals surface area contributed by atoms with E-state index in [4.69, 9.17) is 11.6 Å². The number of anilines is 1. The van der Waals surface area contributed by atoms with E-state index >= 15 is 0 Å². The van der Waals surface area contributed by atoms with Crippen molar-refractivity contribution in [1.82, 2.24) is 9.78 Å². The Balaban J connectivity index is 1.93. The Morgan fingerprint density at radius 2 is 1.65 bits per heavy atom. The standard InChI is InChI=1S/C17H12ClN3O2/c18-13-8-4-5-9-14(13)19-17(23)15-10-11-16(22)21(20-15)12-6-2-1-3-7-12/h1-11H,(H,19,23). The SMILES string of the molecule is O=C(Nc1ccccc1Cl)c1ccc(=O)n(-c2ccccc2)n1. The van der Waals surface area contributed by atoms with E-state index in [1.165, 1.54) is 16.8 Å². The first-order valence-electron chi connectivity index (χ1n) is 6.87. The molecule has 1 aromatic heterocycles. The Kier molecular flexibility index (Phi) is 4.21. The van der Waals surface area contributed by atoms with Crippen molar-refractivity contribution >= 4 is 23.2 Å². The molecule has 5 nitrogen and oxygen atoms in total. The maximum atomic E-state index is 12.3. The zero-order chi connectivity index (χ0) is 16.2. The van der Waals surface area contributed by atoms with Gasteiger partial charge >= 0.3 is 0 Å². The smallest absolute Gasteiger partial charge is 0.276 e. The molecule has 0 bridgehead atoms. The lowest BCUT2D eigenvalue weighted by Gasteiger charge is -2.08. The average Bonchev–Trinajstić information content (AvgIpc) is 2.58. The minimum absolute atomic E-state index is 0.119. The quantitative estimate of drug-likeness (QED) is 0.804. The number of halogens is 1. The highest BCUT2D eigenvalue weighted by Gasteiger charge is 2.12. The third-order valence-electron chi connectivity index (χ3n) is 3.16. The summed E-state index contributed by atoms with van der Waals surface area (Å²) < 4.78 is 1.18. The largest absolute Gasteiger partial charge is 0.319 e. The number of nitrogens with one attached hydrogen (secondary N) is 1. The second-order valence-electron chi connectivity index (χ2n) is 4.74. The fourth-order valence-corrected chi connectivity index (χ4v) is 2.22. The van der Waals surface area contributed by atoms with Crippen LogP contribution in [-0.4, -0.2) is 15.7 Å². The number of para-hydroxylation sites is 2. The van der Waals surface area contributed by atoms with Gasteiger partial charge in [0.05, 0.1) is 16.4 Å². The number of carbonyl (C=O) groups is 1. The Bertz CT molecular complexity index is 907. The van der Waals surface area contributed by atoms with Gasteiger partial charge in [0.2, 0.25) is 0 Å². The van der Waals surface area contributed by atoms with Gasteiger partial charge in [0.1, 0.15) is 5.69 Å². The van der Waals surface area contributed by atoms with E-state index in [-0.39, 0.29) is 11.3 Å². The molecule has 0 aliphatic heterocycles. The predicted molar refractivity (Wildman–Crippen MR) is 89.2 cm³/mol. The molecule has 6 heteroatoms. The number of hydrogen-bond donors (Lipinski definition) is 1. The highest BCUT2D eigenvalue weighted by molar-refractivity contribution is 6.33. The Labute approximate surface area is 137 Å². The Hall–Kier alpha value is -2.92. The van der Waals surface area contributed by atoms with Crippen LogP contribution in [0.3, 0.4) is 0 Å². The third kappa shape index (κ3) is 3.30. The van der Waals surface area contributed by atoms with Gasteiger partial charge in [0, 0.05) is 6.07 Å². The molecule has 0 saturated carbocycles. The molecule has 0 aliphatic carbocycles. The summed E-state index contributed by atoms with van der Waals surface area (Å²) in [6.45, 7) is 0. The highest BCUT2D eigenvalue weighted by Crippen LogP contribution is 2.20. The summed E-state index contributed by atoms with van der Waals surface area (Å²) in [5.41, 5.74) is 0.877. The summed E-state index contributed by atoms with van der Waals surface area (Å²) in [4.78, 5) is 24.3.